The standard InChI is InChI=1S/C14H19BrN2O2.ClH/c1-10(8-11-2-4-12(15)5-3-11)17-14(18)13-9-16-6-7-19-13;/h2-5,10,13,16H,6-9H2,1H3,(H,17,18);1H. The van der Waals surface area contributed by atoms with Crippen molar-refractivity contribution in [3.05, 3.63) is 34.3 Å². The lowest BCUT2D eigenvalue weighted by Gasteiger charge is -2.24. The van der Waals surface area contributed by atoms with Gasteiger partial charge in [0.25, 0.3) is 5.91 Å². The van der Waals surface area contributed by atoms with Gasteiger partial charge >= 0.3 is 0 Å². The Balaban J connectivity index is 0.00000200. The first-order valence-electron chi connectivity index (χ1n) is 6.52. The fourth-order valence-corrected chi connectivity index (χ4v) is 2.36. The normalized spacial score (nSPS) is 19.8. The highest BCUT2D eigenvalue weighted by Crippen LogP contribution is 2.12. The molecule has 0 aromatic heterocycles. The second-order valence-electron chi connectivity index (χ2n) is 4.80. The third kappa shape index (κ3) is 5.40. The van der Waals surface area contributed by atoms with E-state index in [1.165, 1.54) is 5.56 Å². The van der Waals surface area contributed by atoms with Crippen LogP contribution in [0.3, 0.4) is 0 Å². The van der Waals surface area contributed by atoms with Crippen molar-refractivity contribution in [3.8, 4) is 0 Å². The van der Waals surface area contributed by atoms with E-state index in [9.17, 15) is 4.79 Å². The summed E-state index contributed by atoms with van der Waals surface area (Å²) in [5, 5.41) is 6.15. The van der Waals surface area contributed by atoms with Crippen LogP contribution in [0.5, 0.6) is 0 Å². The first kappa shape index (κ1) is 17.4. The fourth-order valence-electron chi connectivity index (χ4n) is 2.09. The Kier molecular flexibility index (Phi) is 7.51. The Bertz CT molecular complexity index is 422. The molecular formula is C14H20BrClN2O2. The smallest absolute Gasteiger partial charge is 0.250 e. The van der Waals surface area contributed by atoms with Crippen molar-refractivity contribution >= 4 is 34.2 Å². The van der Waals surface area contributed by atoms with E-state index in [2.05, 4.69) is 38.7 Å². The predicted molar refractivity (Wildman–Crippen MR) is 85.3 cm³/mol. The third-order valence-electron chi connectivity index (χ3n) is 3.06. The van der Waals surface area contributed by atoms with Crippen LogP contribution in [-0.4, -0.2) is 37.7 Å². The van der Waals surface area contributed by atoms with E-state index in [4.69, 9.17) is 4.74 Å². The van der Waals surface area contributed by atoms with Crippen molar-refractivity contribution in [1.29, 1.82) is 0 Å². The summed E-state index contributed by atoms with van der Waals surface area (Å²) >= 11 is 3.41. The molecule has 0 radical (unpaired) electrons. The molecule has 1 aliphatic heterocycles. The maximum absolute atomic E-state index is 12.0. The van der Waals surface area contributed by atoms with Gasteiger partial charge in [0.05, 0.1) is 6.61 Å². The van der Waals surface area contributed by atoms with E-state index in [-0.39, 0.29) is 30.5 Å². The molecule has 0 spiro atoms. The van der Waals surface area contributed by atoms with Crippen molar-refractivity contribution in [2.75, 3.05) is 19.7 Å². The van der Waals surface area contributed by atoms with Crippen LogP contribution in [0.25, 0.3) is 0 Å². The highest BCUT2D eigenvalue weighted by Gasteiger charge is 2.22. The lowest BCUT2D eigenvalue weighted by molar-refractivity contribution is -0.134. The van der Waals surface area contributed by atoms with E-state index >= 15 is 0 Å². The first-order valence-corrected chi connectivity index (χ1v) is 7.31. The summed E-state index contributed by atoms with van der Waals surface area (Å²) in [4.78, 5) is 12.0. The molecule has 0 saturated carbocycles. The Hall–Kier alpha value is -0.620. The van der Waals surface area contributed by atoms with E-state index < -0.39 is 0 Å². The lowest BCUT2D eigenvalue weighted by atomic mass is 10.1. The maximum Gasteiger partial charge on any atom is 0.250 e. The van der Waals surface area contributed by atoms with Crippen LogP contribution in [0.4, 0.5) is 0 Å². The molecule has 2 N–H and O–H groups in total. The van der Waals surface area contributed by atoms with Gasteiger partial charge in [-0.05, 0) is 31.0 Å². The monoisotopic (exact) mass is 362 g/mol. The Morgan fingerprint density at radius 3 is 2.80 bits per heavy atom. The molecule has 0 bridgehead atoms. The summed E-state index contributed by atoms with van der Waals surface area (Å²) in [6.07, 6.45) is 0.459. The van der Waals surface area contributed by atoms with Crippen LogP contribution >= 0.6 is 28.3 Å². The zero-order valence-corrected chi connectivity index (χ0v) is 13.8. The topological polar surface area (TPSA) is 50.4 Å². The summed E-state index contributed by atoms with van der Waals surface area (Å²) in [5.41, 5.74) is 1.21. The fraction of sp³-hybridized carbons (Fsp3) is 0.500. The number of hydrogen-bond donors (Lipinski definition) is 2. The number of nitrogens with one attached hydrogen (secondary N) is 2. The first-order chi connectivity index (χ1) is 9.15. The minimum Gasteiger partial charge on any atom is -0.366 e. The van der Waals surface area contributed by atoms with Crippen molar-refractivity contribution in [2.45, 2.75) is 25.5 Å². The van der Waals surface area contributed by atoms with Gasteiger partial charge in [-0.3, -0.25) is 4.79 Å². The number of carbonyl (C=O) groups excluding carboxylic acids is 1. The Labute approximate surface area is 134 Å². The van der Waals surface area contributed by atoms with Gasteiger partial charge < -0.3 is 15.4 Å². The number of amides is 1. The van der Waals surface area contributed by atoms with Crippen LogP contribution in [0, 0.1) is 0 Å². The molecule has 1 aromatic rings. The molecule has 4 nitrogen and oxygen atoms in total. The molecule has 1 aliphatic rings. The van der Waals surface area contributed by atoms with Crippen molar-refractivity contribution < 1.29 is 9.53 Å². The third-order valence-corrected chi connectivity index (χ3v) is 3.59. The summed E-state index contributed by atoms with van der Waals surface area (Å²) in [5.74, 6) is -0.0307. The minimum atomic E-state index is -0.360. The van der Waals surface area contributed by atoms with Gasteiger partial charge in [0.15, 0.2) is 0 Å². The van der Waals surface area contributed by atoms with Gasteiger partial charge in [0.1, 0.15) is 6.10 Å². The molecule has 1 saturated heterocycles. The number of benzene rings is 1. The molecule has 20 heavy (non-hydrogen) atoms. The second kappa shape index (κ2) is 8.62. The minimum absolute atomic E-state index is 0. The molecule has 2 unspecified atom stereocenters. The average molecular weight is 364 g/mol. The summed E-state index contributed by atoms with van der Waals surface area (Å²) in [6, 6.07) is 8.24. The van der Waals surface area contributed by atoms with Crippen LogP contribution in [0.2, 0.25) is 0 Å². The van der Waals surface area contributed by atoms with Gasteiger partial charge in [-0.1, -0.05) is 28.1 Å². The molecule has 112 valence electrons. The van der Waals surface area contributed by atoms with Crippen molar-refractivity contribution in [2.24, 2.45) is 0 Å². The van der Waals surface area contributed by atoms with Crippen LogP contribution < -0.4 is 10.6 Å². The van der Waals surface area contributed by atoms with Gasteiger partial charge in [-0.2, -0.15) is 0 Å². The van der Waals surface area contributed by atoms with E-state index in [0.717, 1.165) is 17.4 Å². The Morgan fingerprint density at radius 2 is 2.20 bits per heavy atom. The van der Waals surface area contributed by atoms with Crippen LogP contribution in [0.1, 0.15) is 12.5 Å². The predicted octanol–water partition coefficient (Wildman–Crippen LogP) is 1.91. The molecule has 1 aromatic carbocycles. The molecule has 0 aliphatic carbocycles. The molecular weight excluding hydrogens is 344 g/mol. The molecule has 1 amide bonds. The van der Waals surface area contributed by atoms with Crippen LogP contribution in [-0.2, 0) is 16.0 Å². The van der Waals surface area contributed by atoms with E-state index in [1.807, 2.05) is 19.1 Å². The number of halogens is 2. The zero-order chi connectivity index (χ0) is 13.7. The maximum atomic E-state index is 12.0. The summed E-state index contributed by atoms with van der Waals surface area (Å²) < 4.78 is 6.49. The molecule has 2 rings (SSSR count). The average Bonchev–Trinajstić information content (AvgIpc) is 2.42. The second-order valence-corrected chi connectivity index (χ2v) is 5.72. The molecule has 6 heteroatoms. The van der Waals surface area contributed by atoms with Crippen molar-refractivity contribution in [1.82, 2.24) is 10.6 Å². The number of morpholine rings is 1. The molecule has 1 fully saturated rings. The van der Waals surface area contributed by atoms with E-state index in [1.54, 1.807) is 0 Å². The lowest BCUT2D eigenvalue weighted by Crippen LogP contribution is -2.50. The molecule has 2 atom stereocenters. The number of hydrogen-bond acceptors (Lipinski definition) is 3. The quantitative estimate of drug-likeness (QED) is 0.859. The van der Waals surface area contributed by atoms with Gasteiger partial charge in [0, 0.05) is 23.6 Å². The highest BCUT2D eigenvalue weighted by molar-refractivity contribution is 9.10. The van der Waals surface area contributed by atoms with Crippen molar-refractivity contribution in [3.63, 3.8) is 0 Å². The summed E-state index contributed by atoms with van der Waals surface area (Å²) in [6.45, 7) is 4.02. The zero-order valence-electron chi connectivity index (χ0n) is 11.4. The number of rotatable bonds is 4. The number of ether oxygens (including phenoxy) is 1. The number of carbonyl (C=O) groups is 1. The largest absolute Gasteiger partial charge is 0.366 e. The molecule has 1 heterocycles. The Morgan fingerprint density at radius 1 is 1.50 bits per heavy atom. The van der Waals surface area contributed by atoms with Gasteiger partial charge in [0.2, 0.25) is 0 Å². The highest BCUT2D eigenvalue weighted by atomic mass is 79.9. The van der Waals surface area contributed by atoms with E-state index in [0.29, 0.717) is 13.2 Å². The SMILES string of the molecule is CC(Cc1ccc(Br)cc1)NC(=O)C1CNCCO1.Cl. The van der Waals surface area contributed by atoms with Gasteiger partial charge in [-0.15, -0.1) is 12.4 Å². The van der Waals surface area contributed by atoms with Gasteiger partial charge in [-0.25, -0.2) is 0 Å². The summed E-state index contributed by atoms with van der Waals surface area (Å²) in [7, 11) is 0. The van der Waals surface area contributed by atoms with Crippen LogP contribution in [0.15, 0.2) is 28.7 Å².